The van der Waals surface area contributed by atoms with Crippen LogP contribution in [0.15, 0.2) is 41.5 Å². The monoisotopic (exact) mass is 206 g/mol. The van der Waals surface area contributed by atoms with E-state index in [1.165, 1.54) is 24.0 Å². The second-order valence-electron chi connectivity index (χ2n) is 3.81. The molecular formula is C13H18S. The minimum absolute atomic E-state index is 0.589. The first-order valence-corrected chi connectivity index (χ1v) is 5.96. The van der Waals surface area contributed by atoms with E-state index in [4.69, 9.17) is 0 Å². The Kier molecular flexibility index (Phi) is 4.31. The van der Waals surface area contributed by atoms with Gasteiger partial charge in [0.15, 0.2) is 0 Å². The minimum Gasteiger partial charge on any atom is -0.122 e. The van der Waals surface area contributed by atoms with Gasteiger partial charge in [0, 0.05) is 10.7 Å². The highest BCUT2D eigenvalue weighted by molar-refractivity contribution is 8.02. The number of allylic oxidation sites excluding steroid dienone is 2. The van der Waals surface area contributed by atoms with Crippen LogP contribution in [0.1, 0.15) is 26.7 Å². The van der Waals surface area contributed by atoms with Gasteiger partial charge in [0.2, 0.25) is 0 Å². The van der Waals surface area contributed by atoms with E-state index in [0.717, 1.165) is 5.92 Å². The lowest BCUT2D eigenvalue weighted by Gasteiger charge is -2.29. The summed E-state index contributed by atoms with van der Waals surface area (Å²) in [5.74, 6) is 0.744. The fraction of sp³-hybridized carbons (Fsp3) is 0.462. The van der Waals surface area contributed by atoms with Crippen LogP contribution in [0.4, 0.5) is 0 Å². The highest BCUT2D eigenvalue weighted by Crippen LogP contribution is 2.37. The first kappa shape index (κ1) is 11.4. The Hall–Kier alpha value is -0.650. The third kappa shape index (κ3) is 2.43. The van der Waals surface area contributed by atoms with E-state index < -0.39 is 0 Å². The Bertz CT molecular complexity index is 292. The summed E-state index contributed by atoms with van der Waals surface area (Å²) < 4.78 is 0. The van der Waals surface area contributed by atoms with Crippen molar-refractivity contribution in [2.75, 3.05) is 0 Å². The third-order valence-corrected chi connectivity index (χ3v) is 4.28. The van der Waals surface area contributed by atoms with Crippen molar-refractivity contribution in [3.8, 4) is 0 Å². The third-order valence-electron chi connectivity index (χ3n) is 2.86. The lowest BCUT2D eigenvalue weighted by molar-refractivity contribution is 0.513. The molecule has 0 aromatic rings. The molecule has 0 spiro atoms. The number of hydrogen-bond acceptors (Lipinski definition) is 1. The first-order valence-electron chi connectivity index (χ1n) is 5.02. The van der Waals surface area contributed by atoms with Crippen molar-refractivity contribution in [2.45, 2.75) is 31.9 Å². The zero-order valence-electron chi connectivity index (χ0n) is 9.05. The van der Waals surface area contributed by atoms with E-state index in [1.807, 2.05) is 23.2 Å². The Morgan fingerprint density at radius 3 is 2.86 bits per heavy atom. The highest BCUT2D eigenvalue weighted by Gasteiger charge is 2.24. The standard InChI is InChI=1S/C13H18S/c1-5-9-14-13-10(3)7-8-12(6-2)11(13)4/h6,9-10,13H,1-2,7-8H2,3-4H3/t10-,13+/m0/s1. The molecule has 0 radical (unpaired) electrons. The zero-order chi connectivity index (χ0) is 10.6. The van der Waals surface area contributed by atoms with Gasteiger partial charge < -0.3 is 0 Å². The second-order valence-corrected chi connectivity index (χ2v) is 4.82. The van der Waals surface area contributed by atoms with E-state index in [2.05, 4.69) is 32.7 Å². The van der Waals surface area contributed by atoms with E-state index in [0.29, 0.717) is 5.25 Å². The fourth-order valence-electron chi connectivity index (χ4n) is 1.96. The van der Waals surface area contributed by atoms with Gasteiger partial charge in [-0.25, -0.2) is 0 Å². The first-order chi connectivity index (χ1) is 6.70. The molecule has 0 amide bonds. The fourth-order valence-corrected chi connectivity index (χ4v) is 2.96. The smallest absolute Gasteiger partial charge is 0.0332 e. The zero-order valence-corrected chi connectivity index (χ0v) is 9.86. The van der Waals surface area contributed by atoms with Crippen molar-refractivity contribution in [1.82, 2.24) is 0 Å². The molecular weight excluding hydrogens is 188 g/mol. The topological polar surface area (TPSA) is 0 Å². The van der Waals surface area contributed by atoms with Crippen molar-refractivity contribution < 1.29 is 0 Å². The van der Waals surface area contributed by atoms with Gasteiger partial charge in [-0.15, -0.1) is 17.5 Å². The summed E-state index contributed by atoms with van der Waals surface area (Å²) in [5.41, 5.74) is 5.74. The van der Waals surface area contributed by atoms with Gasteiger partial charge in [0.1, 0.15) is 0 Å². The molecule has 2 atom stereocenters. The summed E-state index contributed by atoms with van der Waals surface area (Å²) in [6, 6.07) is 0. The largest absolute Gasteiger partial charge is 0.122 e. The Morgan fingerprint density at radius 2 is 2.29 bits per heavy atom. The van der Waals surface area contributed by atoms with Gasteiger partial charge in [-0.1, -0.05) is 31.7 Å². The summed E-state index contributed by atoms with van der Waals surface area (Å²) in [6.07, 6.45) is 4.46. The molecule has 0 aromatic heterocycles. The molecule has 1 heteroatoms. The van der Waals surface area contributed by atoms with E-state index in [1.54, 1.807) is 0 Å². The SMILES string of the molecule is C=C=CS[C@H]1C(C)=C(C=C)CC[C@@H]1C. The molecule has 0 nitrogen and oxygen atoms in total. The van der Waals surface area contributed by atoms with Crippen LogP contribution < -0.4 is 0 Å². The van der Waals surface area contributed by atoms with Crippen LogP contribution in [0.25, 0.3) is 0 Å². The number of rotatable bonds is 3. The molecule has 0 saturated carbocycles. The Morgan fingerprint density at radius 1 is 1.57 bits per heavy atom. The molecule has 0 heterocycles. The van der Waals surface area contributed by atoms with Gasteiger partial charge >= 0.3 is 0 Å². The van der Waals surface area contributed by atoms with Crippen LogP contribution >= 0.6 is 11.8 Å². The van der Waals surface area contributed by atoms with Crippen molar-refractivity contribution in [3.63, 3.8) is 0 Å². The number of hydrogen-bond donors (Lipinski definition) is 0. The molecule has 0 N–H and O–H groups in total. The Labute approximate surface area is 91.5 Å². The summed E-state index contributed by atoms with van der Waals surface area (Å²) in [7, 11) is 0. The molecule has 0 fully saturated rings. The molecule has 0 unspecified atom stereocenters. The van der Waals surface area contributed by atoms with Crippen LogP contribution in [-0.4, -0.2) is 5.25 Å². The maximum atomic E-state index is 3.87. The Balaban J connectivity index is 2.87. The lowest BCUT2D eigenvalue weighted by Crippen LogP contribution is -2.20. The molecule has 1 rings (SSSR count). The van der Waals surface area contributed by atoms with Crippen LogP contribution in [0.2, 0.25) is 0 Å². The van der Waals surface area contributed by atoms with E-state index >= 15 is 0 Å². The van der Waals surface area contributed by atoms with Crippen molar-refractivity contribution >= 4 is 11.8 Å². The molecule has 76 valence electrons. The molecule has 0 bridgehead atoms. The predicted molar refractivity (Wildman–Crippen MR) is 66.4 cm³/mol. The molecule has 14 heavy (non-hydrogen) atoms. The van der Waals surface area contributed by atoms with Crippen LogP contribution in [-0.2, 0) is 0 Å². The van der Waals surface area contributed by atoms with Crippen molar-refractivity contribution in [2.24, 2.45) is 5.92 Å². The average Bonchev–Trinajstić information content (AvgIpc) is 2.18. The summed E-state index contributed by atoms with van der Waals surface area (Å²) in [6.45, 7) is 12.0. The van der Waals surface area contributed by atoms with Crippen LogP contribution in [0.5, 0.6) is 0 Å². The van der Waals surface area contributed by atoms with Gasteiger partial charge in [0.05, 0.1) is 0 Å². The van der Waals surface area contributed by atoms with E-state index in [-0.39, 0.29) is 0 Å². The number of thioether (sulfide) groups is 1. The molecule has 0 aliphatic heterocycles. The lowest BCUT2D eigenvalue weighted by atomic mass is 9.85. The predicted octanol–water partition coefficient (Wildman–Crippen LogP) is 4.32. The molecule has 1 aliphatic carbocycles. The molecule has 1 aliphatic rings. The maximum Gasteiger partial charge on any atom is 0.0332 e. The van der Waals surface area contributed by atoms with Gasteiger partial charge in [-0.05, 0) is 31.3 Å². The molecule has 0 saturated heterocycles. The van der Waals surface area contributed by atoms with Gasteiger partial charge in [0.25, 0.3) is 0 Å². The van der Waals surface area contributed by atoms with Gasteiger partial charge in [-0.3, -0.25) is 0 Å². The average molecular weight is 206 g/mol. The normalized spacial score (nSPS) is 27.0. The molecule has 0 aromatic carbocycles. The summed E-state index contributed by atoms with van der Waals surface area (Å²) >= 11 is 1.83. The summed E-state index contributed by atoms with van der Waals surface area (Å²) in [4.78, 5) is 0. The second kappa shape index (κ2) is 5.29. The summed E-state index contributed by atoms with van der Waals surface area (Å²) in [5, 5.41) is 2.56. The van der Waals surface area contributed by atoms with Crippen LogP contribution in [0.3, 0.4) is 0 Å². The highest BCUT2D eigenvalue weighted by atomic mass is 32.2. The maximum absolute atomic E-state index is 3.87. The minimum atomic E-state index is 0.589. The van der Waals surface area contributed by atoms with Gasteiger partial charge in [-0.2, -0.15) is 0 Å². The quantitative estimate of drug-likeness (QED) is 0.620. The van der Waals surface area contributed by atoms with Crippen LogP contribution in [0, 0.1) is 5.92 Å². The van der Waals surface area contributed by atoms with E-state index in [9.17, 15) is 0 Å². The van der Waals surface area contributed by atoms with Crippen molar-refractivity contribution in [3.05, 3.63) is 41.5 Å². The van der Waals surface area contributed by atoms with Crippen molar-refractivity contribution in [1.29, 1.82) is 0 Å².